The first kappa shape index (κ1) is 59.7. The summed E-state index contributed by atoms with van der Waals surface area (Å²) < 4.78 is 26.9. The summed E-state index contributed by atoms with van der Waals surface area (Å²) in [5.74, 6) is -0.659. The number of hydrogen-bond donors (Lipinski definition) is 3. The SMILES string of the molecule is CC/C=C\C/C=C\C/C=C\C/C=C\C/C=C\C/C=C\C/C=C\CC(=O)NCCOP(=O)(O)OCC(O)COC(=O)CCCCCCCCCCCCC/C=C\C/C=C\CCCCC. The Balaban J connectivity index is 3.71. The number of aliphatic hydroxyl groups is 1. The quantitative estimate of drug-likeness (QED) is 0.0238. The molecule has 0 rings (SSSR count). The first-order chi connectivity index (χ1) is 30.8. The van der Waals surface area contributed by atoms with Gasteiger partial charge in [0.2, 0.25) is 5.91 Å². The number of nitrogens with one attached hydrogen (secondary N) is 1. The predicted octanol–water partition coefficient (Wildman–Crippen LogP) is 14.3. The van der Waals surface area contributed by atoms with Gasteiger partial charge in [0.25, 0.3) is 0 Å². The van der Waals surface area contributed by atoms with E-state index in [1.807, 2.05) is 12.2 Å². The van der Waals surface area contributed by atoms with Crippen molar-refractivity contribution in [2.75, 3.05) is 26.4 Å². The van der Waals surface area contributed by atoms with Crippen LogP contribution in [-0.2, 0) is 27.9 Å². The zero-order valence-corrected chi connectivity index (χ0v) is 40.4. The third kappa shape index (κ3) is 49.5. The van der Waals surface area contributed by atoms with Gasteiger partial charge < -0.3 is 20.1 Å². The van der Waals surface area contributed by atoms with Gasteiger partial charge in [-0.25, -0.2) is 4.57 Å². The van der Waals surface area contributed by atoms with Gasteiger partial charge >= 0.3 is 13.8 Å². The van der Waals surface area contributed by atoms with Gasteiger partial charge in [0, 0.05) is 19.4 Å². The van der Waals surface area contributed by atoms with Gasteiger partial charge in [0.15, 0.2) is 0 Å². The maximum Gasteiger partial charge on any atom is 0.472 e. The van der Waals surface area contributed by atoms with E-state index in [-0.39, 0.29) is 38.5 Å². The minimum atomic E-state index is -4.46. The Morgan fingerprint density at radius 2 is 0.937 bits per heavy atom. The smallest absolute Gasteiger partial charge is 0.463 e. The van der Waals surface area contributed by atoms with E-state index in [4.69, 9.17) is 13.8 Å². The van der Waals surface area contributed by atoms with Crippen molar-refractivity contribution in [2.45, 2.75) is 187 Å². The highest BCUT2D eigenvalue weighted by molar-refractivity contribution is 7.47. The van der Waals surface area contributed by atoms with Crippen LogP contribution in [0.1, 0.15) is 181 Å². The molecule has 0 heterocycles. The number of esters is 1. The number of carbonyl (C=O) groups is 2. The second-order valence-electron chi connectivity index (χ2n) is 15.7. The molecule has 1 amide bonds. The Kier molecular flexibility index (Phi) is 45.6. The van der Waals surface area contributed by atoms with E-state index in [0.29, 0.717) is 0 Å². The molecule has 0 saturated carbocycles. The van der Waals surface area contributed by atoms with Crippen LogP contribution >= 0.6 is 7.82 Å². The highest BCUT2D eigenvalue weighted by Crippen LogP contribution is 2.42. The second-order valence-corrected chi connectivity index (χ2v) is 17.2. The van der Waals surface area contributed by atoms with Gasteiger partial charge in [-0.1, -0.05) is 194 Å². The van der Waals surface area contributed by atoms with Crippen molar-refractivity contribution in [3.05, 3.63) is 109 Å². The molecule has 0 aromatic carbocycles. The molecule has 63 heavy (non-hydrogen) atoms. The number of unbranched alkanes of at least 4 members (excludes halogenated alkanes) is 14. The molecule has 10 heteroatoms. The number of amides is 1. The zero-order chi connectivity index (χ0) is 46.0. The number of ether oxygens (including phenoxy) is 1. The fourth-order valence-corrected chi connectivity index (χ4v) is 6.83. The molecule has 358 valence electrons. The van der Waals surface area contributed by atoms with Crippen LogP contribution in [0.15, 0.2) is 109 Å². The Morgan fingerprint density at radius 3 is 1.41 bits per heavy atom. The van der Waals surface area contributed by atoms with Crippen molar-refractivity contribution >= 4 is 19.7 Å². The third-order valence-corrected chi connectivity index (χ3v) is 10.7. The molecular formula is C53H88NO8P. The fourth-order valence-electron chi connectivity index (χ4n) is 6.08. The molecule has 0 saturated heterocycles. The highest BCUT2D eigenvalue weighted by atomic mass is 31.2. The molecule has 2 atom stereocenters. The van der Waals surface area contributed by atoms with Crippen LogP contribution in [0.25, 0.3) is 0 Å². The fraction of sp³-hybridized carbons (Fsp3) is 0.623. The van der Waals surface area contributed by atoms with Crippen LogP contribution in [0.5, 0.6) is 0 Å². The summed E-state index contributed by atoms with van der Waals surface area (Å²) in [6, 6.07) is 0. The molecule has 0 bridgehead atoms. The van der Waals surface area contributed by atoms with Gasteiger partial charge in [-0.15, -0.1) is 0 Å². The van der Waals surface area contributed by atoms with E-state index in [9.17, 15) is 24.2 Å². The maximum absolute atomic E-state index is 12.1. The van der Waals surface area contributed by atoms with E-state index in [0.717, 1.165) is 70.6 Å². The van der Waals surface area contributed by atoms with E-state index in [1.54, 1.807) is 6.08 Å². The second kappa shape index (κ2) is 48.1. The summed E-state index contributed by atoms with van der Waals surface area (Å²) in [7, 11) is -4.46. The van der Waals surface area contributed by atoms with Gasteiger partial charge in [-0.05, 0) is 83.5 Å². The molecular weight excluding hydrogens is 810 g/mol. The Morgan fingerprint density at radius 1 is 0.524 bits per heavy atom. The third-order valence-electron chi connectivity index (χ3n) is 9.72. The zero-order valence-electron chi connectivity index (χ0n) is 39.5. The minimum absolute atomic E-state index is 0.0183. The lowest BCUT2D eigenvalue weighted by molar-refractivity contribution is -0.147. The van der Waals surface area contributed by atoms with Gasteiger partial charge in [-0.2, -0.15) is 0 Å². The van der Waals surface area contributed by atoms with Gasteiger partial charge in [0.1, 0.15) is 12.7 Å². The average Bonchev–Trinajstić information content (AvgIpc) is 3.27. The van der Waals surface area contributed by atoms with Gasteiger partial charge in [-0.3, -0.25) is 18.6 Å². The van der Waals surface area contributed by atoms with Crippen LogP contribution in [0, 0.1) is 0 Å². The summed E-state index contributed by atoms with van der Waals surface area (Å²) in [6.07, 6.45) is 64.8. The summed E-state index contributed by atoms with van der Waals surface area (Å²) >= 11 is 0. The molecule has 3 N–H and O–H groups in total. The molecule has 0 spiro atoms. The van der Waals surface area contributed by atoms with Crippen LogP contribution in [-0.4, -0.2) is 54.3 Å². The molecule has 2 unspecified atom stereocenters. The number of allylic oxidation sites excluding steroid dienone is 17. The Hall–Kier alpha value is -3.33. The number of hydrogen-bond acceptors (Lipinski definition) is 7. The molecule has 0 aliphatic rings. The Labute approximate surface area is 384 Å². The van der Waals surface area contributed by atoms with Gasteiger partial charge in [0.05, 0.1) is 13.2 Å². The van der Waals surface area contributed by atoms with Crippen LogP contribution in [0.2, 0.25) is 0 Å². The number of rotatable bonds is 44. The van der Waals surface area contributed by atoms with Crippen molar-refractivity contribution in [3.8, 4) is 0 Å². The topological polar surface area (TPSA) is 131 Å². The molecule has 0 aliphatic heterocycles. The van der Waals surface area contributed by atoms with Crippen LogP contribution < -0.4 is 5.32 Å². The lowest BCUT2D eigenvalue weighted by Gasteiger charge is -2.15. The number of phosphoric acid groups is 1. The lowest BCUT2D eigenvalue weighted by Crippen LogP contribution is -2.26. The van der Waals surface area contributed by atoms with Crippen molar-refractivity contribution < 1.29 is 37.9 Å². The molecule has 0 aliphatic carbocycles. The van der Waals surface area contributed by atoms with E-state index >= 15 is 0 Å². The van der Waals surface area contributed by atoms with Crippen molar-refractivity contribution in [1.29, 1.82) is 0 Å². The number of carbonyl (C=O) groups excluding carboxylic acids is 2. The average molecular weight is 898 g/mol. The normalized spacial score (nSPS) is 14.2. The highest BCUT2D eigenvalue weighted by Gasteiger charge is 2.23. The van der Waals surface area contributed by atoms with Crippen LogP contribution in [0.3, 0.4) is 0 Å². The van der Waals surface area contributed by atoms with Crippen molar-refractivity contribution in [3.63, 3.8) is 0 Å². The van der Waals surface area contributed by atoms with E-state index in [1.165, 1.54) is 83.5 Å². The first-order valence-electron chi connectivity index (χ1n) is 24.4. The maximum atomic E-state index is 12.1. The summed E-state index contributed by atoms with van der Waals surface area (Å²) in [4.78, 5) is 34.0. The largest absolute Gasteiger partial charge is 0.472 e. The summed E-state index contributed by atoms with van der Waals surface area (Å²) in [5, 5.41) is 12.7. The number of phosphoric ester groups is 1. The summed E-state index contributed by atoms with van der Waals surface area (Å²) in [6.45, 7) is 3.28. The first-order valence-corrected chi connectivity index (χ1v) is 25.9. The van der Waals surface area contributed by atoms with E-state index in [2.05, 4.69) is 110 Å². The summed E-state index contributed by atoms with van der Waals surface area (Å²) in [5.41, 5.74) is 0. The molecule has 0 aromatic rings. The monoisotopic (exact) mass is 898 g/mol. The van der Waals surface area contributed by atoms with Crippen molar-refractivity contribution in [2.24, 2.45) is 0 Å². The molecule has 0 fully saturated rings. The molecule has 0 aromatic heterocycles. The lowest BCUT2D eigenvalue weighted by atomic mass is 10.0. The standard InChI is InChI=1S/C53H88NO8P/c1-3-5-7-9-11-13-15-17-19-21-23-25-27-29-31-33-35-37-39-41-43-45-52(56)54-47-48-61-63(58,59)62-50-51(55)49-60-53(57)46-44-42-40-38-36-34-32-30-28-26-24-22-20-18-16-14-12-10-8-6-4-2/h5,7,11-14,17-20,23,25,29,31,35,37,41,43,51,55H,3-4,6,8-10,15-16,21-22,24,26-28,30,32-34,36,38-40,42,44-50H2,1-2H3,(H,54,56)(H,58,59)/b7-5-,13-11-,14-12-,19-17-,20-18-,25-23-,31-29-,37-35-,43-41-. The Bertz CT molecular complexity index is 1390. The molecule has 9 nitrogen and oxygen atoms in total. The number of aliphatic hydroxyl groups excluding tert-OH is 1. The molecule has 0 radical (unpaired) electrons. The minimum Gasteiger partial charge on any atom is -0.463 e. The predicted molar refractivity (Wildman–Crippen MR) is 265 cm³/mol. The van der Waals surface area contributed by atoms with Crippen LogP contribution in [0.4, 0.5) is 0 Å². The van der Waals surface area contributed by atoms with Crippen molar-refractivity contribution in [1.82, 2.24) is 5.32 Å². The van der Waals surface area contributed by atoms with E-state index < -0.39 is 26.5 Å².